The fourth-order valence-electron chi connectivity index (χ4n) is 4.39. The Labute approximate surface area is 154 Å². The summed E-state index contributed by atoms with van der Waals surface area (Å²) in [6.45, 7) is 4.02. The van der Waals surface area contributed by atoms with Gasteiger partial charge in [0.2, 0.25) is 5.91 Å². The smallest absolute Gasteiger partial charge is 0.257 e. The lowest BCUT2D eigenvalue weighted by Gasteiger charge is -2.49. The van der Waals surface area contributed by atoms with Crippen molar-refractivity contribution in [3.63, 3.8) is 0 Å². The summed E-state index contributed by atoms with van der Waals surface area (Å²) in [5.41, 5.74) is 0.552. The Morgan fingerprint density at radius 1 is 1.23 bits per heavy atom. The molecule has 2 amide bonds. The number of aryl methyl sites for hydroxylation is 1. The predicted octanol–water partition coefficient (Wildman–Crippen LogP) is 0.969. The van der Waals surface area contributed by atoms with Crippen molar-refractivity contribution in [1.82, 2.24) is 24.5 Å². The van der Waals surface area contributed by atoms with Gasteiger partial charge in [0.25, 0.3) is 5.91 Å². The van der Waals surface area contributed by atoms with Crippen LogP contribution in [0.4, 0.5) is 0 Å². The third kappa shape index (κ3) is 3.37. The van der Waals surface area contributed by atoms with Crippen molar-refractivity contribution in [1.29, 1.82) is 0 Å². The standard InChI is InChI=1S/C19H29N5O2/c1-21-9-10-24(18(26)16-11-20-22(2)13-16)14-19(21)6-5-17(25)23(8-7-19)12-15-3-4-15/h11,13,15H,3-10,12,14H2,1-2H3/t19-/m0/s1. The summed E-state index contributed by atoms with van der Waals surface area (Å²) in [5.74, 6) is 1.06. The zero-order valence-corrected chi connectivity index (χ0v) is 15.9. The van der Waals surface area contributed by atoms with Gasteiger partial charge in [0.1, 0.15) is 0 Å². The molecule has 0 bridgehead atoms. The number of piperazine rings is 1. The summed E-state index contributed by atoms with van der Waals surface area (Å²) in [5, 5.41) is 4.13. The minimum Gasteiger partial charge on any atom is -0.342 e. The molecule has 1 saturated carbocycles. The summed E-state index contributed by atoms with van der Waals surface area (Å²) < 4.78 is 1.67. The first-order valence-electron chi connectivity index (χ1n) is 9.74. The van der Waals surface area contributed by atoms with E-state index in [-0.39, 0.29) is 17.4 Å². The van der Waals surface area contributed by atoms with E-state index in [0.717, 1.165) is 44.9 Å². The van der Waals surface area contributed by atoms with Gasteiger partial charge in [-0.05, 0) is 38.6 Å². The Morgan fingerprint density at radius 2 is 2.04 bits per heavy atom. The van der Waals surface area contributed by atoms with Gasteiger partial charge in [0.15, 0.2) is 0 Å². The van der Waals surface area contributed by atoms with E-state index in [4.69, 9.17) is 0 Å². The number of aromatic nitrogens is 2. The highest BCUT2D eigenvalue weighted by Gasteiger charge is 2.44. The van der Waals surface area contributed by atoms with Gasteiger partial charge in [0, 0.05) is 57.9 Å². The molecular weight excluding hydrogens is 330 g/mol. The molecule has 1 spiro atoms. The van der Waals surface area contributed by atoms with Crippen LogP contribution in [0.3, 0.4) is 0 Å². The molecule has 3 heterocycles. The van der Waals surface area contributed by atoms with Crippen molar-refractivity contribution in [3.8, 4) is 0 Å². The first-order valence-corrected chi connectivity index (χ1v) is 9.74. The number of amides is 2. The maximum atomic E-state index is 12.9. The zero-order chi connectivity index (χ0) is 18.3. The van der Waals surface area contributed by atoms with Crippen molar-refractivity contribution in [2.24, 2.45) is 13.0 Å². The van der Waals surface area contributed by atoms with Crippen molar-refractivity contribution in [2.75, 3.05) is 39.8 Å². The number of nitrogens with zero attached hydrogens (tertiary/aromatic N) is 5. The molecule has 1 aromatic rings. The molecular formula is C19H29N5O2. The monoisotopic (exact) mass is 359 g/mol. The lowest BCUT2D eigenvalue weighted by Crippen LogP contribution is -2.62. The van der Waals surface area contributed by atoms with Crippen LogP contribution in [-0.4, -0.2) is 81.6 Å². The van der Waals surface area contributed by atoms with E-state index < -0.39 is 0 Å². The van der Waals surface area contributed by atoms with Crippen molar-refractivity contribution >= 4 is 11.8 Å². The molecule has 1 aliphatic carbocycles. The minimum absolute atomic E-state index is 0.0518. The number of likely N-dealkylation sites (tertiary alicyclic amines) is 1. The van der Waals surface area contributed by atoms with Crippen molar-refractivity contribution < 1.29 is 9.59 Å². The minimum atomic E-state index is -0.0932. The Hall–Kier alpha value is -1.89. The number of likely N-dealkylation sites (N-methyl/N-ethyl adjacent to an activating group) is 1. The Balaban J connectivity index is 1.48. The molecule has 7 heteroatoms. The highest BCUT2D eigenvalue weighted by atomic mass is 16.2. The summed E-state index contributed by atoms with van der Waals surface area (Å²) >= 11 is 0. The van der Waals surface area contributed by atoms with Crippen LogP contribution in [0, 0.1) is 5.92 Å². The summed E-state index contributed by atoms with van der Waals surface area (Å²) in [7, 11) is 3.97. The topological polar surface area (TPSA) is 61.7 Å². The first-order chi connectivity index (χ1) is 12.5. The second kappa shape index (κ2) is 6.68. The Kier molecular flexibility index (Phi) is 4.50. The molecule has 1 aromatic heterocycles. The highest BCUT2D eigenvalue weighted by molar-refractivity contribution is 5.93. The largest absolute Gasteiger partial charge is 0.342 e. The average molecular weight is 359 g/mol. The summed E-state index contributed by atoms with van der Waals surface area (Å²) in [4.78, 5) is 31.9. The van der Waals surface area contributed by atoms with Gasteiger partial charge in [0.05, 0.1) is 11.8 Å². The lowest BCUT2D eigenvalue weighted by atomic mass is 9.86. The van der Waals surface area contributed by atoms with E-state index in [0.29, 0.717) is 18.5 Å². The van der Waals surface area contributed by atoms with E-state index in [1.807, 2.05) is 11.9 Å². The van der Waals surface area contributed by atoms with Gasteiger partial charge in [-0.25, -0.2) is 0 Å². The number of carbonyl (C=O) groups excluding carboxylic acids is 2. The second-order valence-electron chi connectivity index (χ2n) is 8.31. The van der Waals surface area contributed by atoms with Gasteiger partial charge in [-0.2, -0.15) is 5.10 Å². The molecule has 4 rings (SSSR count). The van der Waals surface area contributed by atoms with Crippen LogP contribution in [0.2, 0.25) is 0 Å². The molecule has 0 N–H and O–H groups in total. The second-order valence-corrected chi connectivity index (χ2v) is 8.31. The maximum Gasteiger partial charge on any atom is 0.257 e. The third-order valence-corrected chi connectivity index (χ3v) is 6.42. The van der Waals surface area contributed by atoms with Crippen LogP contribution in [0.5, 0.6) is 0 Å². The molecule has 26 heavy (non-hydrogen) atoms. The van der Waals surface area contributed by atoms with E-state index >= 15 is 0 Å². The third-order valence-electron chi connectivity index (χ3n) is 6.42. The van der Waals surface area contributed by atoms with Gasteiger partial charge < -0.3 is 9.80 Å². The van der Waals surface area contributed by atoms with Gasteiger partial charge in [-0.1, -0.05) is 0 Å². The van der Waals surface area contributed by atoms with Crippen LogP contribution >= 0.6 is 0 Å². The van der Waals surface area contributed by atoms with Crippen molar-refractivity contribution in [2.45, 2.75) is 37.6 Å². The van der Waals surface area contributed by atoms with E-state index in [9.17, 15) is 9.59 Å². The highest BCUT2D eigenvalue weighted by Crippen LogP contribution is 2.35. The molecule has 3 fully saturated rings. The SMILES string of the molecule is CN1CCN(C(=O)c2cnn(C)c2)C[C@@]12CCC(=O)N(CC1CC1)CC2. The molecule has 142 valence electrons. The number of hydrogen-bond acceptors (Lipinski definition) is 4. The fourth-order valence-corrected chi connectivity index (χ4v) is 4.39. The predicted molar refractivity (Wildman–Crippen MR) is 97.6 cm³/mol. The van der Waals surface area contributed by atoms with E-state index in [1.165, 1.54) is 12.8 Å². The fraction of sp³-hybridized carbons (Fsp3) is 0.737. The molecule has 2 aliphatic heterocycles. The van der Waals surface area contributed by atoms with Crippen LogP contribution in [0.25, 0.3) is 0 Å². The first kappa shape index (κ1) is 17.5. The molecule has 7 nitrogen and oxygen atoms in total. The number of rotatable bonds is 3. The summed E-state index contributed by atoms with van der Waals surface area (Å²) in [6, 6.07) is 0. The molecule has 2 saturated heterocycles. The molecule has 0 unspecified atom stereocenters. The van der Waals surface area contributed by atoms with Gasteiger partial charge in [-0.3, -0.25) is 19.2 Å². The Morgan fingerprint density at radius 3 is 2.73 bits per heavy atom. The van der Waals surface area contributed by atoms with Crippen LogP contribution in [0.1, 0.15) is 42.5 Å². The van der Waals surface area contributed by atoms with Gasteiger partial charge >= 0.3 is 0 Å². The molecule has 0 aromatic carbocycles. The number of hydrogen-bond donors (Lipinski definition) is 0. The van der Waals surface area contributed by atoms with E-state index in [1.54, 1.807) is 17.1 Å². The molecule has 1 atom stereocenters. The average Bonchev–Trinajstić information content (AvgIpc) is 3.37. The normalized spacial score (nSPS) is 27.8. The molecule has 3 aliphatic rings. The lowest BCUT2D eigenvalue weighted by molar-refractivity contribution is -0.130. The Bertz CT molecular complexity index is 698. The van der Waals surface area contributed by atoms with Gasteiger partial charge in [-0.15, -0.1) is 0 Å². The quantitative estimate of drug-likeness (QED) is 0.807. The van der Waals surface area contributed by atoms with Crippen molar-refractivity contribution in [3.05, 3.63) is 18.0 Å². The van der Waals surface area contributed by atoms with Crippen LogP contribution in [-0.2, 0) is 11.8 Å². The van der Waals surface area contributed by atoms with Crippen LogP contribution in [0.15, 0.2) is 12.4 Å². The maximum absolute atomic E-state index is 12.9. The number of carbonyl (C=O) groups is 2. The summed E-state index contributed by atoms with van der Waals surface area (Å²) in [6.07, 6.45) is 8.32. The van der Waals surface area contributed by atoms with Crippen LogP contribution < -0.4 is 0 Å². The zero-order valence-electron chi connectivity index (χ0n) is 15.9. The molecule has 0 radical (unpaired) electrons. The van der Waals surface area contributed by atoms with E-state index in [2.05, 4.69) is 21.9 Å².